The number of hydrogen-bond acceptors (Lipinski definition) is 3. The lowest BCUT2D eigenvalue weighted by Gasteiger charge is -2.36. The van der Waals surface area contributed by atoms with Gasteiger partial charge in [-0.3, -0.25) is 14.4 Å². The second kappa shape index (κ2) is 5.26. The Balaban J connectivity index is 2.21. The van der Waals surface area contributed by atoms with Crippen LogP contribution in [-0.4, -0.2) is 34.3 Å². The number of carbonyl (C=O) groups is 2. The van der Waals surface area contributed by atoms with Crippen molar-refractivity contribution in [2.24, 2.45) is 11.7 Å². The zero-order valence-electron chi connectivity index (χ0n) is 10.8. The molecule has 6 nitrogen and oxygen atoms in total. The molecule has 2 heterocycles. The van der Waals surface area contributed by atoms with Crippen molar-refractivity contribution in [1.29, 1.82) is 0 Å². The van der Waals surface area contributed by atoms with Crippen molar-refractivity contribution < 1.29 is 9.59 Å². The number of piperidine rings is 1. The van der Waals surface area contributed by atoms with Gasteiger partial charge in [-0.1, -0.05) is 0 Å². The van der Waals surface area contributed by atoms with Crippen LogP contribution in [0.15, 0.2) is 23.1 Å². The number of primary amides is 1. The summed E-state index contributed by atoms with van der Waals surface area (Å²) >= 11 is 0. The van der Waals surface area contributed by atoms with E-state index in [-0.39, 0.29) is 29.3 Å². The average Bonchev–Trinajstić information content (AvgIpc) is 2.38. The van der Waals surface area contributed by atoms with E-state index in [1.54, 1.807) is 11.0 Å². The Morgan fingerprint density at radius 1 is 1.42 bits per heavy atom. The molecule has 0 aliphatic carbocycles. The summed E-state index contributed by atoms with van der Waals surface area (Å²) < 4.78 is 0. The molecule has 0 saturated carbocycles. The number of nitrogens with zero attached hydrogens (tertiary/aromatic N) is 1. The van der Waals surface area contributed by atoms with E-state index in [1.165, 1.54) is 12.3 Å². The highest BCUT2D eigenvalue weighted by molar-refractivity contribution is 5.94. The summed E-state index contributed by atoms with van der Waals surface area (Å²) in [7, 11) is 0. The molecule has 2 unspecified atom stereocenters. The molecule has 0 bridgehead atoms. The molecule has 0 aromatic carbocycles. The maximum atomic E-state index is 12.4. The first-order valence-corrected chi connectivity index (χ1v) is 6.28. The van der Waals surface area contributed by atoms with E-state index < -0.39 is 0 Å². The van der Waals surface area contributed by atoms with Crippen molar-refractivity contribution in [3.8, 4) is 0 Å². The maximum Gasteiger partial charge on any atom is 0.254 e. The first-order chi connectivity index (χ1) is 8.99. The molecular formula is C13H17N3O3. The lowest BCUT2D eigenvalue weighted by Crippen LogP contribution is -2.48. The summed E-state index contributed by atoms with van der Waals surface area (Å²) in [5.74, 6) is -0.915. The normalized spacial score (nSPS) is 23.1. The van der Waals surface area contributed by atoms with E-state index >= 15 is 0 Å². The summed E-state index contributed by atoms with van der Waals surface area (Å²) in [6, 6.07) is 2.87. The van der Waals surface area contributed by atoms with Gasteiger partial charge in [-0.25, -0.2) is 0 Å². The van der Waals surface area contributed by atoms with Gasteiger partial charge in [0.1, 0.15) is 0 Å². The Kier molecular flexibility index (Phi) is 3.69. The second-order valence-corrected chi connectivity index (χ2v) is 4.92. The Morgan fingerprint density at radius 2 is 2.16 bits per heavy atom. The van der Waals surface area contributed by atoms with Gasteiger partial charge in [0.05, 0.1) is 5.92 Å². The van der Waals surface area contributed by atoms with E-state index in [0.717, 1.165) is 6.42 Å². The number of likely N-dealkylation sites (tertiary alicyclic amines) is 1. The van der Waals surface area contributed by atoms with Crippen LogP contribution in [0.25, 0.3) is 0 Å². The largest absolute Gasteiger partial charge is 0.369 e. The number of aromatic nitrogens is 1. The molecular weight excluding hydrogens is 246 g/mol. The van der Waals surface area contributed by atoms with Gasteiger partial charge in [0, 0.05) is 30.4 Å². The van der Waals surface area contributed by atoms with E-state index in [4.69, 9.17) is 5.73 Å². The third-order valence-corrected chi connectivity index (χ3v) is 3.57. The van der Waals surface area contributed by atoms with Crippen molar-refractivity contribution in [3.05, 3.63) is 34.2 Å². The van der Waals surface area contributed by atoms with E-state index in [9.17, 15) is 14.4 Å². The third-order valence-electron chi connectivity index (χ3n) is 3.57. The molecule has 1 aliphatic rings. The number of nitrogens with one attached hydrogen (secondary N) is 1. The molecule has 2 amide bonds. The van der Waals surface area contributed by atoms with Crippen LogP contribution in [0.2, 0.25) is 0 Å². The number of hydrogen-bond donors (Lipinski definition) is 2. The van der Waals surface area contributed by atoms with Crippen LogP contribution in [0.1, 0.15) is 30.1 Å². The molecule has 0 spiro atoms. The van der Waals surface area contributed by atoms with Crippen molar-refractivity contribution in [1.82, 2.24) is 9.88 Å². The average molecular weight is 263 g/mol. The fraction of sp³-hybridized carbons (Fsp3) is 0.462. The number of aromatic amines is 1. The van der Waals surface area contributed by atoms with Gasteiger partial charge in [-0.05, 0) is 25.8 Å². The van der Waals surface area contributed by atoms with Crippen molar-refractivity contribution >= 4 is 11.8 Å². The van der Waals surface area contributed by atoms with E-state index in [0.29, 0.717) is 18.5 Å². The predicted molar refractivity (Wildman–Crippen MR) is 69.5 cm³/mol. The first-order valence-electron chi connectivity index (χ1n) is 6.28. The lowest BCUT2D eigenvalue weighted by atomic mass is 9.92. The van der Waals surface area contributed by atoms with Crippen LogP contribution in [0.5, 0.6) is 0 Å². The third kappa shape index (κ3) is 2.83. The molecule has 1 fully saturated rings. The lowest BCUT2D eigenvalue weighted by molar-refractivity contribution is -0.123. The number of nitrogens with two attached hydrogens (primary N) is 1. The van der Waals surface area contributed by atoms with Crippen molar-refractivity contribution in [2.45, 2.75) is 25.8 Å². The zero-order valence-corrected chi connectivity index (χ0v) is 10.8. The van der Waals surface area contributed by atoms with Gasteiger partial charge in [0.2, 0.25) is 11.5 Å². The molecule has 6 heteroatoms. The number of pyridine rings is 1. The highest BCUT2D eigenvalue weighted by Crippen LogP contribution is 2.23. The molecule has 2 rings (SSSR count). The summed E-state index contributed by atoms with van der Waals surface area (Å²) in [6.45, 7) is 2.25. The summed E-state index contributed by atoms with van der Waals surface area (Å²) in [4.78, 5) is 38.9. The quantitative estimate of drug-likeness (QED) is 0.792. The zero-order chi connectivity index (χ0) is 14.0. The molecule has 19 heavy (non-hydrogen) atoms. The second-order valence-electron chi connectivity index (χ2n) is 4.92. The number of carbonyl (C=O) groups excluding carboxylic acids is 2. The minimum atomic E-state index is -0.379. The van der Waals surface area contributed by atoms with Crippen LogP contribution in [0.3, 0.4) is 0 Å². The van der Waals surface area contributed by atoms with Gasteiger partial charge in [-0.2, -0.15) is 0 Å². The minimum Gasteiger partial charge on any atom is -0.369 e. The van der Waals surface area contributed by atoms with Crippen molar-refractivity contribution in [3.63, 3.8) is 0 Å². The molecule has 102 valence electrons. The number of rotatable bonds is 2. The van der Waals surface area contributed by atoms with Crippen LogP contribution in [0, 0.1) is 5.92 Å². The fourth-order valence-corrected chi connectivity index (χ4v) is 2.37. The van der Waals surface area contributed by atoms with Gasteiger partial charge in [-0.15, -0.1) is 0 Å². The monoisotopic (exact) mass is 263 g/mol. The molecule has 3 N–H and O–H groups in total. The standard InChI is InChI=1S/C13H17N3O3/c1-8-2-3-10(12(14)18)7-16(8)13(19)9-4-5-15-11(17)6-9/h4-6,8,10H,2-3,7H2,1H3,(H2,14,18)(H,15,17). The fourth-order valence-electron chi connectivity index (χ4n) is 2.37. The highest BCUT2D eigenvalue weighted by Gasteiger charge is 2.32. The van der Waals surface area contributed by atoms with Crippen LogP contribution < -0.4 is 11.3 Å². The number of amides is 2. The predicted octanol–water partition coefficient (Wildman–Crippen LogP) is 0.101. The highest BCUT2D eigenvalue weighted by atomic mass is 16.2. The van der Waals surface area contributed by atoms with Gasteiger partial charge >= 0.3 is 0 Å². The van der Waals surface area contributed by atoms with Gasteiger partial charge in [0.25, 0.3) is 5.91 Å². The molecule has 1 aromatic heterocycles. The molecule has 1 aromatic rings. The summed E-state index contributed by atoms with van der Waals surface area (Å²) in [6.07, 6.45) is 2.88. The Morgan fingerprint density at radius 3 is 2.79 bits per heavy atom. The Labute approximate surface area is 110 Å². The maximum absolute atomic E-state index is 12.4. The molecule has 1 aliphatic heterocycles. The molecule has 1 saturated heterocycles. The minimum absolute atomic E-state index is 0.0439. The number of H-pyrrole nitrogens is 1. The van der Waals surface area contributed by atoms with Crippen LogP contribution in [0.4, 0.5) is 0 Å². The van der Waals surface area contributed by atoms with E-state index in [2.05, 4.69) is 4.98 Å². The Bertz CT molecular complexity index is 552. The Hall–Kier alpha value is -2.11. The molecule has 2 atom stereocenters. The molecule has 0 radical (unpaired) electrons. The first kappa shape index (κ1) is 13.3. The van der Waals surface area contributed by atoms with Gasteiger partial charge < -0.3 is 15.6 Å². The summed E-state index contributed by atoms with van der Waals surface area (Å²) in [5.41, 5.74) is 5.32. The SMILES string of the molecule is CC1CCC(C(N)=O)CN1C(=O)c1cc[nH]c(=O)c1. The van der Waals surface area contributed by atoms with E-state index in [1.807, 2.05) is 6.92 Å². The van der Waals surface area contributed by atoms with Crippen LogP contribution >= 0.6 is 0 Å². The summed E-state index contributed by atoms with van der Waals surface area (Å²) in [5, 5.41) is 0. The smallest absolute Gasteiger partial charge is 0.254 e. The van der Waals surface area contributed by atoms with Gasteiger partial charge in [0.15, 0.2) is 0 Å². The van der Waals surface area contributed by atoms with Crippen molar-refractivity contribution in [2.75, 3.05) is 6.54 Å². The van der Waals surface area contributed by atoms with Crippen LogP contribution in [-0.2, 0) is 4.79 Å². The topological polar surface area (TPSA) is 96.3 Å².